The molecular weight excluding hydrogens is 372 g/mol. The van der Waals surface area contributed by atoms with Crippen LogP contribution in [0.1, 0.15) is 21.6 Å². The van der Waals surface area contributed by atoms with Crippen LogP contribution >= 0.6 is 15.9 Å². The number of hydrogen-bond donors (Lipinski definition) is 1. The Labute approximate surface area is 147 Å². The van der Waals surface area contributed by atoms with E-state index in [1.54, 1.807) is 48.5 Å². The molecule has 0 fully saturated rings. The number of aromatic nitrogens is 4. The maximum atomic E-state index is 12.1. The topological polar surface area (TPSA) is 77.1 Å². The number of carbonyl (C=O) groups is 1. The predicted octanol–water partition coefficient (Wildman–Crippen LogP) is 2.19. The van der Waals surface area contributed by atoms with Crippen LogP contribution in [0.15, 0.2) is 58.5 Å². The van der Waals surface area contributed by atoms with Gasteiger partial charge < -0.3 is 0 Å². The first kappa shape index (κ1) is 16.1. The third-order valence-electron chi connectivity index (χ3n) is 3.38. The Kier molecular flexibility index (Phi) is 4.85. The molecule has 0 aliphatic rings. The van der Waals surface area contributed by atoms with E-state index < -0.39 is 0 Å². The summed E-state index contributed by atoms with van der Waals surface area (Å²) in [6.07, 6.45) is 6.85. The van der Waals surface area contributed by atoms with Crippen molar-refractivity contribution in [1.82, 2.24) is 25.0 Å². The minimum Gasteiger partial charge on any atom is -0.267 e. The fraction of sp³-hybridized carbons (Fsp3) is 0.125. The minimum absolute atomic E-state index is 0.262. The van der Waals surface area contributed by atoms with Crippen LogP contribution < -0.4 is 5.43 Å². The highest BCUT2D eigenvalue weighted by Crippen LogP contribution is 2.10. The number of hydrogen-bond acceptors (Lipinski definition) is 4. The zero-order valence-corrected chi connectivity index (χ0v) is 14.5. The van der Waals surface area contributed by atoms with Crippen molar-refractivity contribution in [3.05, 3.63) is 70.2 Å². The molecule has 0 aliphatic heterocycles. The van der Waals surface area contributed by atoms with Crippen molar-refractivity contribution in [2.45, 2.75) is 6.54 Å². The lowest BCUT2D eigenvalue weighted by molar-refractivity contribution is 0.0955. The molecule has 3 rings (SSSR count). The van der Waals surface area contributed by atoms with Crippen molar-refractivity contribution in [3.63, 3.8) is 0 Å². The molecule has 2 aromatic heterocycles. The zero-order valence-electron chi connectivity index (χ0n) is 12.9. The molecule has 0 saturated carbocycles. The molecule has 0 unspecified atom stereocenters. The van der Waals surface area contributed by atoms with Crippen molar-refractivity contribution in [2.24, 2.45) is 12.1 Å². The summed E-state index contributed by atoms with van der Waals surface area (Å²) >= 11 is 3.36. The molecule has 1 aromatic carbocycles. The molecule has 2 heterocycles. The third kappa shape index (κ3) is 3.96. The lowest BCUT2D eigenvalue weighted by atomic mass is 10.1. The second-order valence-corrected chi connectivity index (χ2v) is 6.05. The van der Waals surface area contributed by atoms with Gasteiger partial charge in [-0.05, 0) is 39.7 Å². The molecule has 122 valence electrons. The average molecular weight is 387 g/mol. The summed E-state index contributed by atoms with van der Waals surface area (Å²) in [6.45, 7) is 0.645. The summed E-state index contributed by atoms with van der Waals surface area (Å²) in [5, 5.41) is 12.2. The largest absolute Gasteiger partial charge is 0.271 e. The van der Waals surface area contributed by atoms with E-state index in [9.17, 15) is 4.79 Å². The number of hydrazone groups is 1. The number of rotatable bonds is 5. The van der Waals surface area contributed by atoms with Gasteiger partial charge in [-0.3, -0.25) is 14.2 Å². The van der Waals surface area contributed by atoms with Crippen LogP contribution in [0.25, 0.3) is 0 Å². The highest BCUT2D eigenvalue weighted by Gasteiger charge is 2.05. The van der Waals surface area contributed by atoms with E-state index in [0.717, 1.165) is 15.7 Å². The fourth-order valence-corrected chi connectivity index (χ4v) is 2.43. The van der Waals surface area contributed by atoms with Gasteiger partial charge in [-0.15, -0.1) is 0 Å². The Bertz CT molecular complexity index is 865. The number of amides is 1. The molecule has 1 N–H and O–H groups in total. The van der Waals surface area contributed by atoms with E-state index in [1.165, 1.54) is 0 Å². The maximum Gasteiger partial charge on any atom is 0.271 e. The van der Waals surface area contributed by atoms with Crippen LogP contribution in [0.4, 0.5) is 0 Å². The van der Waals surface area contributed by atoms with E-state index in [2.05, 4.69) is 36.7 Å². The molecule has 0 spiro atoms. The van der Waals surface area contributed by atoms with Gasteiger partial charge in [0, 0.05) is 25.0 Å². The van der Waals surface area contributed by atoms with Crippen LogP contribution in [0, 0.1) is 0 Å². The summed E-state index contributed by atoms with van der Waals surface area (Å²) in [4.78, 5) is 12.1. The van der Waals surface area contributed by atoms with Crippen LogP contribution in [-0.2, 0) is 13.6 Å². The number of aryl methyl sites for hydroxylation is 1. The Morgan fingerprint density at radius 3 is 2.71 bits per heavy atom. The molecule has 0 aliphatic carbocycles. The van der Waals surface area contributed by atoms with Gasteiger partial charge in [0.15, 0.2) is 0 Å². The second kappa shape index (κ2) is 7.22. The standard InChI is InChI=1S/C16H15BrN6O/c1-22-15(6-7-19-22)9-18-21-16(24)13-4-2-12(3-5-13)10-23-11-14(17)8-20-23/h2-9,11H,10H2,1H3,(H,21,24)/b18-9+. The minimum atomic E-state index is -0.262. The quantitative estimate of drug-likeness (QED) is 0.539. The van der Waals surface area contributed by atoms with Crippen molar-refractivity contribution in [3.8, 4) is 0 Å². The van der Waals surface area contributed by atoms with Crippen molar-refractivity contribution >= 4 is 28.1 Å². The summed E-state index contributed by atoms with van der Waals surface area (Å²) in [5.41, 5.74) is 4.90. The lowest BCUT2D eigenvalue weighted by Gasteiger charge is -2.04. The number of nitrogens with one attached hydrogen (secondary N) is 1. The van der Waals surface area contributed by atoms with Gasteiger partial charge in [-0.2, -0.15) is 15.3 Å². The van der Waals surface area contributed by atoms with Gasteiger partial charge in [0.05, 0.1) is 29.1 Å². The first-order valence-electron chi connectivity index (χ1n) is 7.20. The SMILES string of the molecule is Cn1nccc1/C=N/NC(=O)c1ccc(Cn2cc(Br)cn2)cc1. The monoisotopic (exact) mass is 386 g/mol. The molecule has 1 amide bonds. The Morgan fingerprint density at radius 2 is 2.08 bits per heavy atom. The molecule has 0 radical (unpaired) electrons. The first-order valence-corrected chi connectivity index (χ1v) is 7.99. The highest BCUT2D eigenvalue weighted by atomic mass is 79.9. The maximum absolute atomic E-state index is 12.1. The summed E-state index contributed by atoms with van der Waals surface area (Å²) < 4.78 is 4.42. The van der Waals surface area contributed by atoms with Crippen molar-refractivity contribution in [2.75, 3.05) is 0 Å². The zero-order chi connectivity index (χ0) is 16.9. The predicted molar refractivity (Wildman–Crippen MR) is 93.7 cm³/mol. The molecule has 3 aromatic rings. The number of benzene rings is 1. The Morgan fingerprint density at radius 1 is 1.29 bits per heavy atom. The molecular formula is C16H15BrN6O. The molecule has 24 heavy (non-hydrogen) atoms. The number of carbonyl (C=O) groups excluding carboxylic acids is 1. The number of halogens is 1. The highest BCUT2D eigenvalue weighted by molar-refractivity contribution is 9.10. The van der Waals surface area contributed by atoms with Gasteiger partial charge in [-0.1, -0.05) is 12.1 Å². The average Bonchev–Trinajstić information content (AvgIpc) is 3.17. The molecule has 0 bridgehead atoms. The summed E-state index contributed by atoms with van der Waals surface area (Å²) in [7, 11) is 1.81. The van der Waals surface area contributed by atoms with E-state index >= 15 is 0 Å². The van der Waals surface area contributed by atoms with E-state index in [4.69, 9.17) is 0 Å². The van der Waals surface area contributed by atoms with E-state index in [-0.39, 0.29) is 5.91 Å². The van der Waals surface area contributed by atoms with Crippen LogP contribution in [-0.4, -0.2) is 31.7 Å². The smallest absolute Gasteiger partial charge is 0.267 e. The normalized spacial score (nSPS) is 11.1. The van der Waals surface area contributed by atoms with Gasteiger partial charge in [0.2, 0.25) is 0 Å². The third-order valence-corrected chi connectivity index (χ3v) is 3.79. The second-order valence-electron chi connectivity index (χ2n) is 5.13. The molecule has 8 heteroatoms. The summed E-state index contributed by atoms with van der Waals surface area (Å²) in [5.74, 6) is -0.262. The lowest BCUT2D eigenvalue weighted by Crippen LogP contribution is -2.18. The van der Waals surface area contributed by atoms with Crippen LogP contribution in [0.5, 0.6) is 0 Å². The molecule has 0 saturated heterocycles. The fourth-order valence-electron chi connectivity index (χ4n) is 2.11. The van der Waals surface area contributed by atoms with Gasteiger partial charge in [0.25, 0.3) is 5.91 Å². The molecule has 7 nitrogen and oxygen atoms in total. The van der Waals surface area contributed by atoms with E-state index in [1.807, 2.05) is 23.0 Å². The first-order chi connectivity index (χ1) is 11.6. The Hall–Kier alpha value is -2.74. The van der Waals surface area contributed by atoms with E-state index in [0.29, 0.717) is 12.1 Å². The van der Waals surface area contributed by atoms with Crippen LogP contribution in [0.3, 0.4) is 0 Å². The van der Waals surface area contributed by atoms with Gasteiger partial charge in [-0.25, -0.2) is 5.43 Å². The van der Waals surface area contributed by atoms with Gasteiger partial charge >= 0.3 is 0 Å². The summed E-state index contributed by atoms with van der Waals surface area (Å²) in [6, 6.07) is 9.13. The van der Waals surface area contributed by atoms with Crippen LogP contribution in [0.2, 0.25) is 0 Å². The Balaban J connectivity index is 1.59. The molecule has 0 atom stereocenters. The van der Waals surface area contributed by atoms with Crippen molar-refractivity contribution in [1.29, 1.82) is 0 Å². The number of nitrogens with zero attached hydrogens (tertiary/aromatic N) is 5. The van der Waals surface area contributed by atoms with Gasteiger partial charge in [0.1, 0.15) is 0 Å². The van der Waals surface area contributed by atoms with Crippen molar-refractivity contribution < 1.29 is 4.79 Å².